The third-order valence-electron chi connectivity index (χ3n) is 7.89. The number of aryl methyl sites for hydroxylation is 2. The van der Waals surface area contributed by atoms with Crippen LogP contribution in [-0.4, -0.2) is 14.5 Å². The number of benzene rings is 5. The van der Waals surface area contributed by atoms with E-state index in [-0.39, 0.29) is 0 Å². The molecule has 0 spiro atoms. The fraction of sp³-hybridized carbons (Fsp3) is 0.0588. The van der Waals surface area contributed by atoms with Gasteiger partial charge in [-0.25, -0.2) is 9.97 Å². The number of aromatic nitrogens is 3. The lowest BCUT2D eigenvalue weighted by molar-refractivity contribution is 0.970. The summed E-state index contributed by atoms with van der Waals surface area (Å²) in [6.45, 7) is 0. The molecule has 1 aliphatic carbocycles. The van der Waals surface area contributed by atoms with Gasteiger partial charge in [-0.2, -0.15) is 0 Å². The Labute approximate surface area is 232 Å². The summed E-state index contributed by atoms with van der Waals surface area (Å²) < 4.78 is 4.91. The summed E-state index contributed by atoms with van der Waals surface area (Å²) in [6, 6.07) is 37.1. The molecule has 0 radical (unpaired) electrons. The van der Waals surface area contributed by atoms with Crippen LogP contribution in [0.1, 0.15) is 11.1 Å². The SMILES string of the molecule is c1ccc(-n2c3cc(-c4nc5ccccc5s4)cc4c3c3c(cc(-c5nc6ccccc6s5)cc32)CC4)cc1. The molecule has 0 fully saturated rings. The Morgan fingerprint density at radius 3 is 1.54 bits per heavy atom. The van der Waals surface area contributed by atoms with E-state index in [9.17, 15) is 0 Å². The number of para-hydroxylation sites is 3. The van der Waals surface area contributed by atoms with Gasteiger partial charge in [0.15, 0.2) is 0 Å². The number of thiazole rings is 2. The number of rotatable bonds is 3. The van der Waals surface area contributed by atoms with Gasteiger partial charge in [-0.05, 0) is 84.6 Å². The minimum atomic E-state index is 1.03. The Kier molecular flexibility index (Phi) is 4.48. The van der Waals surface area contributed by atoms with Crippen LogP contribution in [0.3, 0.4) is 0 Å². The van der Waals surface area contributed by atoms with Crippen molar-refractivity contribution in [2.75, 3.05) is 0 Å². The van der Waals surface area contributed by atoms with E-state index in [1.807, 2.05) is 0 Å². The molecule has 3 heterocycles. The molecule has 0 bridgehead atoms. The van der Waals surface area contributed by atoms with Crippen LogP contribution in [0.25, 0.3) is 69.1 Å². The zero-order valence-corrected chi connectivity index (χ0v) is 22.5. The van der Waals surface area contributed by atoms with Gasteiger partial charge in [0.2, 0.25) is 0 Å². The standard InChI is InChI=1S/C34H21N3S2/c1-2-8-24(9-3-1)37-27-18-22(33-35-25-10-4-6-12-29(25)38-33)16-20-14-15-21-17-23(19-28(37)32(21)31(20)27)34-36-26-11-5-7-13-30(26)39-34/h1-13,16-19H,14-15H2. The van der Waals surface area contributed by atoms with E-state index in [0.717, 1.165) is 33.9 Å². The fourth-order valence-electron chi connectivity index (χ4n) is 6.19. The van der Waals surface area contributed by atoms with Crippen molar-refractivity contribution in [2.45, 2.75) is 12.8 Å². The van der Waals surface area contributed by atoms with Gasteiger partial charge in [-0.3, -0.25) is 0 Å². The van der Waals surface area contributed by atoms with Crippen LogP contribution < -0.4 is 0 Å². The van der Waals surface area contributed by atoms with Crippen LogP contribution >= 0.6 is 22.7 Å². The highest BCUT2D eigenvalue weighted by molar-refractivity contribution is 7.22. The lowest BCUT2D eigenvalue weighted by Gasteiger charge is -2.15. The lowest BCUT2D eigenvalue weighted by atomic mass is 9.89. The third-order valence-corrected chi connectivity index (χ3v) is 10.1. The van der Waals surface area contributed by atoms with Gasteiger partial charge in [0.1, 0.15) is 10.0 Å². The maximum Gasteiger partial charge on any atom is 0.124 e. The molecule has 184 valence electrons. The molecule has 39 heavy (non-hydrogen) atoms. The Morgan fingerprint density at radius 1 is 0.538 bits per heavy atom. The van der Waals surface area contributed by atoms with Gasteiger partial charge in [0, 0.05) is 27.6 Å². The first-order valence-electron chi connectivity index (χ1n) is 13.2. The van der Waals surface area contributed by atoms with E-state index in [0.29, 0.717) is 0 Å². The number of hydrogen-bond donors (Lipinski definition) is 0. The van der Waals surface area contributed by atoms with Gasteiger partial charge < -0.3 is 4.57 Å². The predicted molar refractivity (Wildman–Crippen MR) is 165 cm³/mol. The summed E-state index contributed by atoms with van der Waals surface area (Å²) in [5, 5.41) is 4.94. The van der Waals surface area contributed by atoms with Gasteiger partial charge in [-0.1, -0.05) is 42.5 Å². The van der Waals surface area contributed by atoms with Crippen molar-refractivity contribution in [3.8, 4) is 26.8 Å². The van der Waals surface area contributed by atoms with E-state index < -0.39 is 0 Å². The van der Waals surface area contributed by atoms with Crippen molar-refractivity contribution in [3.05, 3.63) is 114 Å². The first kappa shape index (κ1) is 21.6. The monoisotopic (exact) mass is 535 g/mol. The molecule has 3 nitrogen and oxygen atoms in total. The molecule has 0 atom stereocenters. The summed E-state index contributed by atoms with van der Waals surface area (Å²) in [4.78, 5) is 10.0. The minimum Gasteiger partial charge on any atom is -0.309 e. The molecule has 0 saturated carbocycles. The van der Waals surface area contributed by atoms with Crippen molar-refractivity contribution in [1.82, 2.24) is 14.5 Å². The van der Waals surface area contributed by atoms with E-state index in [4.69, 9.17) is 9.97 Å². The van der Waals surface area contributed by atoms with Crippen LogP contribution in [0, 0.1) is 0 Å². The number of nitrogens with zero attached hydrogens (tertiary/aromatic N) is 3. The zero-order chi connectivity index (χ0) is 25.5. The van der Waals surface area contributed by atoms with Crippen molar-refractivity contribution in [1.29, 1.82) is 0 Å². The van der Waals surface area contributed by atoms with Crippen molar-refractivity contribution in [2.24, 2.45) is 0 Å². The maximum atomic E-state index is 5.01. The highest BCUT2D eigenvalue weighted by Crippen LogP contribution is 2.45. The first-order valence-corrected chi connectivity index (χ1v) is 14.8. The predicted octanol–water partition coefficient (Wildman–Crippen LogP) is 9.44. The van der Waals surface area contributed by atoms with Crippen molar-refractivity contribution in [3.63, 3.8) is 0 Å². The molecular formula is C34H21N3S2. The van der Waals surface area contributed by atoms with Crippen LogP contribution in [0.2, 0.25) is 0 Å². The molecule has 9 rings (SSSR count). The Bertz CT molecular complexity index is 2030. The van der Waals surface area contributed by atoms with Gasteiger partial charge in [-0.15, -0.1) is 22.7 Å². The second-order valence-corrected chi connectivity index (χ2v) is 12.3. The molecule has 3 aromatic heterocycles. The topological polar surface area (TPSA) is 30.7 Å². The fourth-order valence-corrected chi connectivity index (χ4v) is 8.09. The number of fused-ring (bicyclic) bond motifs is 2. The highest BCUT2D eigenvalue weighted by Gasteiger charge is 2.24. The molecule has 1 aliphatic rings. The highest BCUT2D eigenvalue weighted by atomic mass is 32.1. The average molecular weight is 536 g/mol. The van der Waals surface area contributed by atoms with E-state index in [1.54, 1.807) is 22.7 Å². The second kappa shape index (κ2) is 8.09. The smallest absolute Gasteiger partial charge is 0.124 e. The van der Waals surface area contributed by atoms with Crippen molar-refractivity contribution >= 4 is 64.9 Å². The Balaban J connectivity index is 1.37. The maximum absolute atomic E-state index is 5.01. The van der Waals surface area contributed by atoms with Gasteiger partial charge >= 0.3 is 0 Å². The van der Waals surface area contributed by atoms with E-state index in [2.05, 4.69) is 108 Å². The Morgan fingerprint density at radius 2 is 1.03 bits per heavy atom. The van der Waals surface area contributed by atoms with Gasteiger partial charge in [0.05, 0.1) is 31.5 Å². The molecule has 0 N–H and O–H groups in total. The van der Waals surface area contributed by atoms with Crippen LogP contribution in [0.4, 0.5) is 0 Å². The van der Waals surface area contributed by atoms with Crippen LogP contribution in [-0.2, 0) is 12.8 Å². The lowest BCUT2D eigenvalue weighted by Crippen LogP contribution is -1.99. The first-order chi connectivity index (χ1) is 19.3. The molecular weight excluding hydrogens is 515 g/mol. The molecule has 5 heteroatoms. The molecule has 0 aliphatic heterocycles. The average Bonchev–Trinajstić information content (AvgIpc) is 3.70. The molecule has 5 aromatic carbocycles. The molecule has 0 amide bonds. The molecule has 0 unspecified atom stereocenters. The summed E-state index contributed by atoms with van der Waals surface area (Å²) in [7, 11) is 0. The second-order valence-electron chi connectivity index (χ2n) is 10.2. The van der Waals surface area contributed by atoms with Crippen LogP contribution in [0.15, 0.2) is 103 Å². The summed E-state index contributed by atoms with van der Waals surface area (Å²) in [5.74, 6) is 0. The van der Waals surface area contributed by atoms with Gasteiger partial charge in [0.25, 0.3) is 0 Å². The van der Waals surface area contributed by atoms with E-state index in [1.165, 1.54) is 59.1 Å². The molecule has 8 aromatic rings. The largest absolute Gasteiger partial charge is 0.309 e. The quantitative estimate of drug-likeness (QED) is 0.226. The normalized spacial score (nSPS) is 12.9. The van der Waals surface area contributed by atoms with E-state index >= 15 is 0 Å². The third kappa shape index (κ3) is 3.21. The Hall–Kier alpha value is -4.32. The summed E-state index contributed by atoms with van der Waals surface area (Å²) in [6.07, 6.45) is 2.05. The zero-order valence-electron chi connectivity index (χ0n) is 20.9. The summed E-state index contributed by atoms with van der Waals surface area (Å²) >= 11 is 3.55. The minimum absolute atomic E-state index is 1.03. The molecule has 0 saturated heterocycles. The van der Waals surface area contributed by atoms with Crippen LogP contribution in [0.5, 0.6) is 0 Å². The number of hydrogen-bond acceptors (Lipinski definition) is 4. The van der Waals surface area contributed by atoms with Crippen molar-refractivity contribution < 1.29 is 0 Å². The summed E-state index contributed by atoms with van der Waals surface area (Å²) in [5.41, 5.74) is 11.1.